The lowest BCUT2D eigenvalue weighted by Gasteiger charge is -2.20. The zero-order chi connectivity index (χ0) is 21.9. The summed E-state index contributed by atoms with van der Waals surface area (Å²) in [5.41, 5.74) is 1.76. The van der Waals surface area contributed by atoms with Crippen LogP contribution in [0.1, 0.15) is 10.4 Å². The second-order valence-electron chi connectivity index (χ2n) is 6.51. The molecule has 0 saturated heterocycles. The van der Waals surface area contributed by atoms with Gasteiger partial charge in [0.2, 0.25) is 10.0 Å². The van der Waals surface area contributed by atoms with Gasteiger partial charge in [0, 0.05) is 31.6 Å². The van der Waals surface area contributed by atoms with Gasteiger partial charge in [0.25, 0.3) is 5.91 Å². The predicted molar refractivity (Wildman–Crippen MR) is 122 cm³/mol. The quantitative estimate of drug-likeness (QED) is 0.484. The van der Waals surface area contributed by atoms with Gasteiger partial charge in [-0.2, -0.15) is 0 Å². The van der Waals surface area contributed by atoms with E-state index < -0.39 is 15.9 Å². The SMILES string of the molecule is C=CCN(C(=O)c1cc(S(=O)(=O)N(C)C)ccc1Cl)c1nc(-c2ccccc2)cs1. The lowest BCUT2D eigenvalue weighted by molar-refractivity contribution is 0.0989. The zero-order valence-corrected chi connectivity index (χ0v) is 18.8. The van der Waals surface area contributed by atoms with Gasteiger partial charge in [0.1, 0.15) is 0 Å². The molecule has 156 valence electrons. The number of rotatable bonds is 7. The Morgan fingerprint density at radius 1 is 1.20 bits per heavy atom. The van der Waals surface area contributed by atoms with Crippen molar-refractivity contribution in [1.29, 1.82) is 0 Å². The topological polar surface area (TPSA) is 70.6 Å². The lowest BCUT2D eigenvalue weighted by Crippen LogP contribution is -2.31. The number of benzene rings is 2. The third-order valence-corrected chi connectivity index (χ3v) is 7.30. The molecule has 0 aliphatic heterocycles. The molecule has 1 amide bonds. The summed E-state index contributed by atoms with van der Waals surface area (Å²) in [7, 11) is -0.860. The largest absolute Gasteiger partial charge is 0.280 e. The second-order valence-corrected chi connectivity index (χ2v) is 9.91. The molecule has 6 nitrogen and oxygen atoms in total. The first-order valence-corrected chi connectivity index (χ1v) is 11.6. The monoisotopic (exact) mass is 461 g/mol. The van der Waals surface area contributed by atoms with Crippen molar-refractivity contribution < 1.29 is 13.2 Å². The summed E-state index contributed by atoms with van der Waals surface area (Å²) < 4.78 is 26.0. The summed E-state index contributed by atoms with van der Waals surface area (Å²) in [6.07, 6.45) is 1.58. The Balaban J connectivity index is 2.01. The summed E-state index contributed by atoms with van der Waals surface area (Å²) in [5, 5.41) is 2.49. The van der Waals surface area contributed by atoms with Crippen LogP contribution in [0.25, 0.3) is 11.3 Å². The molecule has 3 aromatic rings. The Labute approximate surface area is 185 Å². The van der Waals surface area contributed by atoms with E-state index in [1.54, 1.807) is 6.08 Å². The number of thiazole rings is 1. The molecule has 0 unspecified atom stereocenters. The first-order valence-electron chi connectivity index (χ1n) is 8.91. The van der Waals surface area contributed by atoms with Crippen LogP contribution in [0.5, 0.6) is 0 Å². The molecule has 0 atom stereocenters. The van der Waals surface area contributed by atoms with E-state index in [0.717, 1.165) is 15.6 Å². The van der Waals surface area contributed by atoms with Crippen molar-refractivity contribution in [3.63, 3.8) is 0 Å². The van der Waals surface area contributed by atoms with E-state index in [4.69, 9.17) is 11.6 Å². The van der Waals surface area contributed by atoms with E-state index in [1.807, 2.05) is 35.7 Å². The number of amides is 1. The predicted octanol–water partition coefficient (Wildman–Crippen LogP) is 4.55. The molecule has 0 radical (unpaired) electrons. The van der Waals surface area contributed by atoms with Crippen LogP contribution in [0.3, 0.4) is 0 Å². The maximum atomic E-state index is 13.3. The number of halogens is 1. The zero-order valence-electron chi connectivity index (χ0n) is 16.4. The van der Waals surface area contributed by atoms with E-state index >= 15 is 0 Å². The minimum absolute atomic E-state index is 0.0112. The summed E-state index contributed by atoms with van der Waals surface area (Å²) in [5.74, 6) is -0.454. The Hall–Kier alpha value is -2.52. The number of aromatic nitrogens is 1. The van der Waals surface area contributed by atoms with Crippen LogP contribution in [0.15, 0.2) is 71.5 Å². The third-order valence-electron chi connectivity index (χ3n) is 4.30. The minimum atomic E-state index is -3.71. The van der Waals surface area contributed by atoms with Crippen LogP contribution in [-0.4, -0.2) is 44.3 Å². The molecular formula is C21H20ClN3O3S2. The molecule has 2 aromatic carbocycles. The molecule has 3 rings (SSSR count). The first-order chi connectivity index (χ1) is 14.3. The molecule has 1 aromatic heterocycles. The molecule has 1 heterocycles. The highest BCUT2D eigenvalue weighted by atomic mass is 35.5. The Bertz CT molecular complexity index is 1180. The van der Waals surface area contributed by atoms with Crippen molar-refractivity contribution >= 4 is 44.0 Å². The molecule has 9 heteroatoms. The average molecular weight is 462 g/mol. The Morgan fingerprint density at radius 2 is 1.90 bits per heavy atom. The number of carbonyl (C=O) groups excluding carboxylic acids is 1. The molecule has 0 saturated carbocycles. The Morgan fingerprint density at radius 3 is 2.53 bits per heavy atom. The van der Waals surface area contributed by atoms with E-state index in [9.17, 15) is 13.2 Å². The van der Waals surface area contributed by atoms with E-state index in [-0.39, 0.29) is 22.0 Å². The van der Waals surface area contributed by atoms with Crippen molar-refractivity contribution in [2.75, 3.05) is 25.5 Å². The highest BCUT2D eigenvalue weighted by Gasteiger charge is 2.25. The number of nitrogens with zero attached hydrogens (tertiary/aromatic N) is 3. The van der Waals surface area contributed by atoms with Crippen LogP contribution < -0.4 is 4.90 Å². The van der Waals surface area contributed by atoms with Gasteiger partial charge in [-0.1, -0.05) is 48.0 Å². The third kappa shape index (κ3) is 4.46. The van der Waals surface area contributed by atoms with Crippen molar-refractivity contribution in [3.8, 4) is 11.3 Å². The van der Waals surface area contributed by atoms with E-state index in [2.05, 4.69) is 11.6 Å². The van der Waals surface area contributed by atoms with Gasteiger partial charge < -0.3 is 0 Å². The maximum Gasteiger partial charge on any atom is 0.261 e. The van der Waals surface area contributed by atoms with Crippen LogP contribution in [0.2, 0.25) is 5.02 Å². The van der Waals surface area contributed by atoms with Crippen molar-refractivity contribution in [2.45, 2.75) is 4.90 Å². The number of sulfonamides is 1. The summed E-state index contributed by atoms with van der Waals surface area (Å²) in [6, 6.07) is 13.7. The normalized spacial score (nSPS) is 11.5. The summed E-state index contributed by atoms with van der Waals surface area (Å²) >= 11 is 7.57. The van der Waals surface area contributed by atoms with Gasteiger partial charge in [-0.3, -0.25) is 9.69 Å². The van der Waals surface area contributed by atoms with Gasteiger partial charge >= 0.3 is 0 Å². The van der Waals surface area contributed by atoms with Crippen LogP contribution >= 0.6 is 22.9 Å². The maximum absolute atomic E-state index is 13.3. The summed E-state index contributed by atoms with van der Waals surface area (Å²) in [6.45, 7) is 3.91. The van der Waals surface area contributed by atoms with Gasteiger partial charge in [0.05, 0.1) is 21.2 Å². The smallest absolute Gasteiger partial charge is 0.261 e. The van der Waals surface area contributed by atoms with Crippen LogP contribution in [0, 0.1) is 0 Å². The standard InChI is InChI=1S/C21H20ClN3O3S2/c1-4-12-25(21-23-19(14-29-21)15-8-6-5-7-9-15)20(26)17-13-16(10-11-18(17)22)30(27,28)24(2)3/h4-11,13-14H,1,12H2,2-3H3. The van der Waals surface area contributed by atoms with Gasteiger partial charge in [-0.05, 0) is 18.2 Å². The molecule has 0 aliphatic carbocycles. The number of anilines is 1. The molecule has 0 spiro atoms. The Kier molecular flexibility index (Phi) is 6.72. The number of hydrogen-bond donors (Lipinski definition) is 0. The molecule has 0 aliphatic rings. The summed E-state index contributed by atoms with van der Waals surface area (Å²) in [4.78, 5) is 19.3. The van der Waals surface area contributed by atoms with E-state index in [1.165, 1.54) is 48.5 Å². The van der Waals surface area contributed by atoms with Gasteiger partial charge in [-0.15, -0.1) is 17.9 Å². The van der Waals surface area contributed by atoms with Crippen LogP contribution in [0.4, 0.5) is 5.13 Å². The highest BCUT2D eigenvalue weighted by molar-refractivity contribution is 7.89. The van der Waals surface area contributed by atoms with E-state index in [0.29, 0.717) is 5.13 Å². The number of hydrogen-bond acceptors (Lipinski definition) is 5. The minimum Gasteiger partial charge on any atom is -0.280 e. The van der Waals surface area contributed by atoms with Crippen molar-refractivity contribution in [3.05, 3.63) is 77.2 Å². The van der Waals surface area contributed by atoms with Gasteiger partial charge in [-0.25, -0.2) is 17.7 Å². The first kappa shape index (κ1) is 22.2. The van der Waals surface area contributed by atoms with Crippen molar-refractivity contribution in [2.24, 2.45) is 0 Å². The molecular weight excluding hydrogens is 442 g/mol. The molecule has 0 bridgehead atoms. The second kappa shape index (κ2) is 9.09. The molecule has 0 N–H and O–H groups in total. The van der Waals surface area contributed by atoms with Gasteiger partial charge in [0.15, 0.2) is 5.13 Å². The number of carbonyl (C=O) groups is 1. The fraction of sp³-hybridized carbons (Fsp3) is 0.143. The average Bonchev–Trinajstić information content (AvgIpc) is 3.22. The lowest BCUT2D eigenvalue weighted by atomic mass is 10.2. The highest BCUT2D eigenvalue weighted by Crippen LogP contribution is 2.30. The van der Waals surface area contributed by atoms with Crippen LogP contribution in [-0.2, 0) is 10.0 Å². The fourth-order valence-corrected chi connectivity index (χ4v) is 4.66. The molecule has 0 fully saturated rings. The fourth-order valence-electron chi connectivity index (χ4n) is 2.69. The van der Waals surface area contributed by atoms with Crippen molar-refractivity contribution in [1.82, 2.24) is 9.29 Å². The molecule has 30 heavy (non-hydrogen) atoms.